The molecule has 0 bridgehead atoms. The molecule has 1 aliphatic heterocycles. The molecule has 2 rings (SSSR count). The highest BCUT2D eigenvalue weighted by Crippen LogP contribution is 2.27. The first-order chi connectivity index (χ1) is 10.7. The zero-order valence-electron chi connectivity index (χ0n) is 13.5. The Bertz CT molecular complexity index is 730. The lowest BCUT2D eigenvalue weighted by Gasteiger charge is -2.32. The molecule has 2 atom stereocenters. The van der Waals surface area contributed by atoms with Gasteiger partial charge in [0.2, 0.25) is 11.9 Å². The number of fused-ring (bicyclic) bond motifs is 1. The SMILES string of the molecule is CC[C@H](C)[C@H]1C(=O)Nc2ccccc2CN1/C(N)=N/S(C)(=O)=O. The standard InChI is InChI=1S/C15H22N4O3S/c1-4-10(2)13-14(20)17-12-8-6-5-7-11(12)9-19(13)15(16)18-23(3,21)22/h5-8,10,13H,4,9H2,1-3H3,(H2,16,18)(H,17,20)/t10-,13-/m0/s1. The van der Waals surface area contributed by atoms with Crippen LogP contribution in [0.1, 0.15) is 25.8 Å². The summed E-state index contributed by atoms with van der Waals surface area (Å²) in [4.78, 5) is 14.2. The summed E-state index contributed by atoms with van der Waals surface area (Å²) in [5.74, 6) is -0.391. The number of nitrogens with one attached hydrogen (secondary N) is 1. The van der Waals surface area contributed by atoms with Crippen LogP contribution in [-0.2, 0) is 21.4 Å². The lowest BCUT2D eigenvalue weighted by Crippen LogP contribution is -2.51. The van der Waals surface area contributed by atoms with Crippen LogP contribution in [0.2, 0.25) is 0 Å². The number of hydrogen-bond acceptors (Lipinski definition) is 3. The van der Waals surface area contributed by atoms with Crippen LogP contribution in [0.4, 0.5) is 5.69 Å². The highest BCUT2D eigenvalue weighted by Gasteiger charge is 2.35. The van der Waals surface area contributed by atoms with Crippen LogP contribution < -0.4 is 11.1 Å². The molecule has 1 aromatic carbocycles. The Balaban J connectivity index is 2.52. The molecule has 0 saturated heterocycles. The maximum Gasteiger partial charge on any atom is 0.253 e. The Morgan fingerprint density at radius 2 is 2.13 bits per heavy atom. The molecule has 0 radical (unpaired) electrons. The second-order valence-electron chi connectivity index (χ2n) is 5.79. The van der Waals surface area contributed by atoms with Crippen molar-refractivity contribution >= 4 is 27.6 Å². The maximum absolute atomic E-state index is 12.6. The molecule has 0 saturated carbocycles. The van der Waals surface area contributed by atoms with E-state index in [2.05, 4.69) is 9.71 Å². The predicted octanol–water partition coefficient (Wildman–Crippen LogP) is 1.13. The maximum atomic E-state index is 12.6. The van der Waals surface area contributed by atoms with Crippen LogP contribution in [0.25, 0.3) is 0 Å². The van der Waals surface area contributed by atoms with Crippen molar-refractivity contribution in [2.75, 3.05) is 11.6 Å². The molecule has 8 heteroatoms. The Morgan fingerprint density at radius 3 is 2.74 bits per heavy atom. The van der Waals surface area contributed by atoms with Gasteiger partial charge in [-0.05, 0) is 17.5 Å². The van der Waals surface area contributed by atoms with Gasteiger partial charge >= 0.3 is 0 Å². The van der Waals surface area contributed by atoms with Gasteiger partial charge in [0.05, 0.1) is 6.26 Å². The molecule has 1 amide bonds. The van der Waals surface area contributed by atoms with Crippen molar-refractivity contribution < 1.29 is 13.2 Å². The van der Waals surface area contributed by atoms with Gasteiger partial charge in [-0.3, -0.25) is 4.79 Å². The quantitative estimate of drug-likeness (QED) is 0.635. The van der Waals surface area contributed by atoms with Crippen LogP contribution in [0.15, 0.2) is 28.7 Å². The topological polar surface area (TPSA) is 105 Å². The van der Waals surface area contributed by atoms with Gasteiger partial charge in [-0.1, -0.05) is 38.5 Å². The van der Waals surface area contributed by atoms with E-state index in [0.717, 1.165) is 18.2 Å². The molecule has 0 spiro atoms. The number of nitrogens with zero attached hydrogens (tertiary/aromatic N) is 2. The molecule has 7 nitrogen and oxygen atoms in total. The van der Waals surface area contributed by atoms with Gasteiger partial charge in [0, 0.05) is 12.2 Å². The van der Waals surface area contributed by atoms with Crippen LogP contribution in [0, 0.1) is 5.92 Å². The zero-order valence-corrected chi connectivity index (χ0v) is 14.3. The molecular formula is C15H22N4O3S. The first-order valence-corrected chi connectivity index (χ1v) is 9.28. The largest absolute Gasteiger partial charge is 0.369 e. The van der Waals surface area contributed by atoms with E-state index >= 15 is 0 Å². The van der Waals surface area contributed by atoms with Gasteiger partial charge in [0.15, 0.2) is 0 Å². The fourth-order valence-corrected chi connectivity index (χ4v) is 3.09. The second-order valence-corrected chi connectivity index (χ2v) is 7.44. The van der Waals surface area contributed by atoms with Gasteiger partial charge in [-0.15, -0.1) is 4.40 Å². The van der Waals surface area contributed by atoms with E-state index in [1.165, 1.54) is 0 Å². The average Bonchev–Trinajstić information content (AvgIpc) is 2.60. The number of nitrogens with two attached hydrogens (primary N) is 1. The van der Waals surface area contributed by atoms with E-state index in [1.54, 1.807) is 4.90 Å². The van der Waals surface area contributed by atoms with E-state index < -0.39 is 16.1 Å². The van der Waals surface area contributed by atoms with Gasteiger partial charge in [-0.25, -0.2) is 8.42 Å². The van der Waals surface area contributed by atoms with Gasteiger partial charge in [0.1, 0.15) is 6.04 Å². The smallest absolute Gasteiger partial charge is 0.253 e. The third-order valence-corrected chi connectivity index (χ3v) is 4.48. The molecule has 23 heavy (non-hydrogen) atoms. The minimum Gasteiger partial charge on any atom is -0.369 e. The average molecular weight is 338 g/mol. The normalized spacial score (nSPS) is 20.5. The van der Waals surface area contributed by atoms with Gasteiger partial charge in [-0.2, -0.15) is 0 Å². The Morgan fingerprint density at radius 1 is 1.48 bits per heavy atom. The highest BCUT2D eigenvalue weighted by molar-refractivity contribution is 7.89. The summed E-state index contributed by atoms with van der Waals surface area (Å²) in [6.45, 7) is 4.22. The number of carbonyl (C=O) groups is 1. The Kier molecular flexibility index (Phi) is 4.93. The van der Waals surface area contributed by atoms with Crippen LogP contribution >= 0.6 is 0 Å². The molecule has 1 aliphatic rings. The number of guanidine groups is 1. The lowest BCUT2D eigenvalue weighted by molar-refractivity contribution is -0.121. The minimum atomic E-state index is -3.65. The molecule has 0 aliphatic carbocycles. The molecular weight excluding hydrogens is 316 g/mol. The number of hydrogen-bond donors (Lipinski definition) is 2. The fraction of sp³-hybridized carbons (Fsp3) is 0.467. The first-order valence-electron chi connectivity index (χ1n) is 7.43. The minimum absolute atomic E-state index is 0.0161. The van der Waals surface area contributed by atoms with Gasteiger partial charge in [0.25, 0.3) is 10.0 Å². The van der Waals surface area contributed by atoms with E-state index in [9.17, 15) is 13.2 Å². The summed E-state index contributed by atoms with van der Waals surface area (Å²) >= 11 is 0. The van der Waals surface area contributed by atoms with Crippen molar-refractivity contribution in [2.24, 2.45) is 16.0 Å². The van der Waals surface area contributed by atoms with Crippen LogP contribution in [-0.4, -0.2) is 37.5 Å². The molecule has 0 unspecified atom stereocenters. The molecule has 0 aromatic heterocycles. The number of amides is 1. The van der Waals surface area contributed by atoms with Crippen molar-refractivity contribution in [3.05, 3.63) is 29.8 Å². The predicted molar refractivity (Wildman–Crippen MR) is 90.3 cm³/mol. The van der Waals surface area contributed by atoms with Crippen molar-refractivity contribution in [1.29, 1.82) is 0 Å². The van der Waals surface area contributed by atoms with Crippen LogP contribution in [0.3, 0.4) is 0 Å². The number of carbonyl (C=O) groups excluding carboxylic acids is 1. The molecule has 0 fully saturated rings. The summed E-state index contributed by atoms with van der Waals surface area (Å²) in [7, 11) is -3.65. The first kappa shape index (κ1) is 17.3. The zero-order chi connectivity index (χ0) is 17.2. The summed E-state index contributed by atoms with van der Waals surface area (Å²) in [6, 6.07) is 6.79. The van der Waals surface area contributed by atoms with E-state index in [0.29, 0.717) is 12.2 Å². The number of benzene rings is 1. The Labute approximate surface area is 136 Å². The van der Waals surface area contributed by atoms with Crippen LogP contribution in [0.5, 0.6) is 0 Å². The number of anilines is 1. The van der Waals surface area contributed by atoms with Crippen molar-refractivity contribution in [2.45, 2.75) is 32.9 Å². The summed E-state index contributed by atoms with van der Waals surface area (Å²) in [5.41, 5.74) is 7.49. The molecule has 3 N–H and O–H groups in total. The summed E-state index contributed by atoms with van der Waals surface area (Å²) < 4.78 is 26.5. The number of sulfonamides is 1. The Hall–Kier alpha value is -2.09. The number of para-hydroxylation sites is 1. The number of rotatable bonds is 3. The van der Waals surface area contributed by atoms with Crippen molar-refractivity contribution in [3.63, 3.8) is 0 Å². The van der Waals surface area contributed by atoms with Crippen molar-refractivity contribution in [3.8, 4) is 0 Å². The molecule has 1 heterocycles. The van der Waals surface area contributed by atoms with E-state index in [4.69, 9.17) is 5.73 Å². The van der Waals surface area contributed by atoms with Crippen molar-refractivity contribution in [1.82, 2.24) is 4.90 Å². The highest BCUT2D eigenvalue weighted by atomic mass is 32.2. The molecule has 1 aromatic rings. The fourth-order valence-electron chi connectivity index (χ4n) is 2.64. The monoisotopic (exact) mass is 338 g/mol. The molecule has 126 valence electrons. The second kappa shape index (κ2) is 6.57. The third kappa shape index (κ3) is 4.01. The third-order valence-electron chi connectivity index (χ3n) is 3.96. The lowest BCUT2D eigenvalue weighted by atomic mass is 9.97. The van der Waals surface area contributed by atoms with E-state index in [-0.39, 0.29) is 17.8 Å². The van der Waals surface area contributed by atoms with Gasteiger partial charge < -0.3 is 16.0 Å². The van der Waals surface area contributed by atoms with E-state index in [1.807, 2.05) is 38.1 Å². The summed E-state index contributed by atoms with van der Waals surface area (Å²) in [6.07, 6.45) is 1.72. The summed E-state index contributed by atoms with van der Waals surface area (Å²) in [5, 5.41) is 2.89.